The van der Waals surface area contributed by atoms with Crippen LogP contribution in [-0.4, -0.2) is 29.1 Å². The molecule has 0 radical (unpaired) electrons. The number of ether oxygens (including phenoxy) is 1. The smallest absolute Gasteiger partial charge is 0.230 e. The molecule has 1 heterocycles. The van der Waals surface area contributed by atoms with E-state index in [1.807, 2.05) is 30.5 Å². The molecule has 2 aromatic rings. The first-order valence-corrected chi connectivity index (χ1v) is 9.09. The van der Waals surface area contributed by atoms with Crippen molar-refractivity contribution in [2.45, 2.75) is 50.5 Å². The average molecular weight is 339 g/mol. The lowest BCUT2D eigenvalue weighted by Gasteiger charge is -2.17. The second-order valence-corrected chi connectivity index (χ2v) is 7.25. The molecule has 0 saturated heterocycles. The second kappa shape index (κ2) is 6.21. The van der Waals surface area contributed by atoms with Crippen LogP contribution in [0.2, 0.25) is 0 Å². The number of hydrogen-bond acceptors (Lipinski definition) is 3. The molecular weight excluding hydrogens is 314 g/mol. The summed E-state index contributed by atoms with van der Waals surface area (Å²) in [5, 5.41) is 3.15. The zero-order valence-electron chi connectivity index (χ0n) is 14.9. The van der Waals surface area contributed by atoms with Gasteiger partial charge >= 0.3 is 0 Å². The summed E-state index contributed by atoms with van der Waals surface area (Å²) in [5.74, 6) is 2.77. The fourth-order valence-electron chi connectivity index (χ4n) is 3.57. The number of carbonyl (C=O) groups excluding carboxylic acids is 1. The quantitative estimate of drug-likeness (QED) is 0.844. The van der Waals surface area contributed by atoms with Crippen molar-refractivity contribution in [3.05, 3.63) is 47.5 Å². The molecule has 1 aromatic heterocycles. The maximum Gasteiger partial charge on any atom is 0.230 e. The predicted octanol–water partition coefficient (Wildman–Crippen LogP) is 2.93. The summed E-state index contributed by atoms with van der Waals surface area (Å²) >= 11 is 0. The Morgan fingerprint density at radius 2 is 2.04 bits per heavy atom. The van der Waals surface area contributed by atoms with E-state index in [1.165, 1.54) is 24.4 Å². The summed E-state index contributed by atoms with van der Waals surface area (Å²) in [6.07, 6.45) is 6.26. The number of imidazole rings is 1. The van der Waals surface area contributed by atoms with Crippen LogP contribution in [0.4, 0.5) is 0 Å². The van der Waals surface area contributed by atoms with Crippen molar-refractivity contribution in [2.24, 2.45) is 0 Å². The van der Waals surface area contributed by atoms with Crippen LogP contribution in [-0.2, 0) is 16.8 Å². The minimum absolute atomic E-state index is 0.142. The number of hydrogen-bond donors (Lipinski definition) is 1. The highest BCUT2D eigenvalue weighted by molar-refractivity contribution is 5.91. The van der Waals surface area contributed by atoms with Crippen molar-refractivity contribution in [1.82, 2.24) is 14.9 Å². The number of amides is 1. The number of benzene rings is 1. The maximum atomic E-state index is 12.8. The molecular formula is C20H25N3O2. The van der Waals surface area contributed by atoms with Crippen molar-refractivity contribution in [1.29, 1.82) is 0 Å². The van der Waals surface area contributed by atoms with Crippen LogP contribution in [0.3, 0.4) is 0 Å². The molecule has 2 saturated carbocycles. The number of methoxy groups -OCH3 is 1. The molecule has 25 heavy (non-hydrogen) atoms. The SMILES string of the molecule is COc1ccc(C2(C(=O)NCCn3c(C)cnc3C3CC3)CC2)cc1. The molecule has 5 heteroatoms. The van der Waals surface area contributed by atoms with Gasteiger partial charge in [0.05, 0.1) is 12.5 Å². The Kier molecular flexibility index (Phi) is 4.02. The minimum atomic E-state index is -0.338. The lowest BCUT2D eigenvalue weighted by Crippen LogP contribution is -2.36. The molecule has 0 unspecified atom stereocenters. The number of aromatic nitrogens is 2. The standard InChI is InChI=1S/C20H25N3O2/c1-14-13-22-18(15-3-4-15)23(14)12-11-21-19(24)20(9-10-20)16-5-7-17(25-2)8-6-16/h5-8,13,15H,3-4,9-12H2,1-2H3,(H,21,24). The van der Waals surface area contributed by atoms with Crippen LogP contribution in [0.1, 0.15) is 48.7 Å². The Morgan fingerprint density at radius 3 is 2.64 bits per heavy atom. The summed E-state index contributed by atoms with van der Waals surface area (Å²) in [5.41, 5.74) is 1.92. The fourth-order valence-corrected chi connectivity index (χ4v) is 3.57. The van der Waals surface area contributed by atoms with E-state index in [9.17, 15) is 4.79 Å². The van der Waals surface area contributed by atoms with E-state index in [0.29, 0.717) is 12.5 Å². The van der Waals surface area contributed by atoms with E-state index in [0.717, 1.165) is 30.7 Å². The molecule has 0 spiro atoms. The fraction of sp³-hybridized carbons (Fsp3) is 0.500. The van der Waals surface area contributed by atoms with Gasteiger partial charge in [0, 0.05) is 30.9 Å². The van der Waals surface area contributed by atoms with Gasteiger partial charge in [-0.25, -0.2) is 4.98 Å². The molecule has 2 aliphatic carbocycles. The maximum absolute atomic E-state index is 12.8. The highest BCUT2D eigenvalue weighted by Crippen LogP contribution is 2.48. The zero-order valence-corrected chi connectivity index (χ0v) is 14.9. The van der Waals surface area contributed by atoms with Gasteiger partial charge in [-0.3, -0.25) is 4.79 Å². The van der Waals surface area contributed by atoms with Crippen molar-refractivity contribution in [3.8, 4) is 5.75 Å². The monoisotopic (exact) mass is 339 g/mol. The van der Waals surface area contributed by atoms with Crippen LogP contribution in [0, 0.1) is 6.92 Å². The van der Waals surface area contributed by atoms with Crippen LogP contribution >= 0.6 is 0 Å². The summed E-state index contributed by atoms with van der Waals surface area (Å²) in [4.78, 5) is 17.3. The highest BCUT2D eigenvalue weighted by Gasteiger charge is 2.51. The topological polar surface area (TPSA) is 56.1 Å². The van der Waals surface area contributed by atoms with Gasteiger partial charge in [-0.2, -0.15) is 0 Å². The van der Waals surface area contributed by atoms with E-state index in [1.54, 1.807) is 7.11 Å². The first-order chi connectivity index (χ1) is 12.1. The molecule has 0 atom stereocenters. The Labute approximate surface area is 148 Å². The van der Waals surface area contributed by atoms with E-state index in [-0.39, 0.29) is 11.3 Å². The van der Waals surface area contributed by atoms with Gasteiger partial charge in [0.1, 0.15) is 11.6 Å². The van der Waals surface area contributed by atoms with Gasteiger partial charge in [0.15, 0.2) is 0 Å². The molecule has 1 amide bonds. The Morgan fingerprint density at radius 1 is 1.32 bits per heavy atom. The third kappa shape index (κ3) is 3.03. The summed E-state index contributed by atoms with van der Waals surface area (Å²) in [7, 11) is 1.66. The third-order valence-electron chi connectivity index (χ3n) is 5.48. The zero-order chi connectivity index (χ0) is 17.4. The first kappa shape index (κ1) is 16.2. The van der Waals surface area contributed by atoms with E-state index in [2.05, 4.69) is 21.8 Å². The number of nitrogens with one attached hydrogen (secondary N) is 1. The van der Waals surface area contributed by atoms with Crippen LogP contribution < -0.4 is 10.1 Å². The molecule has 1 N–H and O–H groups in total. The predicted molar refractivity (Wildman–Crippen MR) is 95.9 cm³/mol. The van der Waals surface area contributed by atoms with Gasteiger partial charge < -0.3 is 14.6 Å². The van der Waals surface area contributed by atoms with Crippen LogP contribution in [0.15, 0.2) is 30.5 Å². The second-order valence-electron chi connectivity index (χ2n) is 7.25. The van der Waals surface area contributed by atoms with Gasteiger partial charge in [0.2, 0.25) is 5.91 Å². The summed E-state index contributed by atoms with van der Waals surface area (Å²) in [6, 6.07) is 7.88. The van der Waals surface area contributed by atoms with Crippen molar-refractivity contribution < 1.29 is 9.53 Å². The van der Waals surface area contributed by atoms with Crippen LogP contribution in [0.5, 0.6) is 5.75 Å². The first-order valence-electron chi connectivity index (χ1n) is 9.09. The Balaban J connectivity index is 1.38. The average Bonchev–Trinajstić information content (AvgIpc) is 3.54. The van der Waals surface area contributed by atoms with Crippen molar-refractivity contribution in [2.75, 3.05) is 13.7 Å². The Hall–Kier alpha value is -2.30. The number of rotatable bonds is 7. The molecule has 4 rings (SSSR count). The largest absolute Gasteiger partial charge is 0.497 e. The lowest BCUT2D eigenvalue weighted by molar-refractivity contribution is -0.123. The van der Waals surface area contributed by atoms with Gasteiger partial charge in [0.25, 0.3) is 0 Å². The molecule has 2 aliphatic rings. The number of aryl methyl sites for hydroxylation is 1. The molecule has 0 bridgehead atoms. The Bertz CT molecular complexity index is 771. The van der Waals surface area contributed by atoms with Crippen LogP contribution in [0.25, 0.3) is 0 Å². The highest BCUT2D eigenvalue weighted by atomic mass is 16.5. The van der Waals surface area contributed by atoms with E-state index in [4.69, 9.17) is 4.74 Å². The summed E-state index contributed by atoms with van der Waals surface area (Å²) in [6.45, 7) is 3.52. The van der Waals surface area contributed by atoms with Crippen molar-refractivity contribution in [3.63, 3.8) is 0 Å². The molecule has 2 fully saturated rings. The summed E-state index contributed by atoms with van der Waals surface area (Å²) < 4.78 is 7.46. The van der Waals surface area contributed by atoms with Crippen molar-refractivity contribution >= 4 is 5.91 Å². The lowest BCUT2D eigenvalue weighted by atomic mass is 9.95. The third-order valence-corrected chi connectivity index (χ3v) is 5.48. The molecule has 132 valence electrons. The number of carbonyl (C=O) groups is 1. The molecule has 0 aliphatic heterocycles. The molecule has 1 aromatic carbocycles. The van der Waals surface area contributed by atoms with Gasteiger partial charge in [-0.1, -0.05) is 12.1 Å². The molecule has 5 nitrogen and oxygen atoms in total. The van der Waals surface area contributed by atoms with E-state index < -0.39 is 0 Å². The normalized spacial score (nSPS) is 18.0. The van der Waals surface area contributed by atoms with Gasteiger partial charge in [-0.15, -0.1) is 0 Å². The number of nitrogens with zero attached hydrogens (tertiary/aromatic N) is 2. The minimum Gasteiger partial charge on any atom is -0.497 e. The van der Waals surface area contributed by atoms with E-state index >= 15 is 0 Å². The van der Waals surface area contributed by atoms with Gasteiger partial charge in [-0.05, 0) is 50.3 Å².